The molecule has 7 atom stereocenters. The molecule has 0 amide bonds. The lowest BCUT2D eigenvalue weighted by molar-refractivity contribution is -0.763. The Morgan fingerprint density at radius 3 is 2.67 bits per heavy atom. The fourth-order valence-corrected chi connectivity index (χ4v) is 8.39. The van der Waals surface area contributed by atoms with Gasteiger partial charge in [0.2, 0.25) is 5.78 Å². The van der Waals surface area contributed by atoms with E-state index in [0.29, 0.717) is 24.8 Å². The topological polar surface area (TPSA) is 178 Å². The van der Waals surface area contributed by atoms with Crippen molar-refractivity contribution in [3.05, 3.63) is 63.7 Å². The largest absolute Gasteiger partial charge is 0.514 e. The minimum Gasteiger partial charge on any atom is -0.435 e. The average molecular weight is 628 g/mol. The lowest BCUT2D eigenvalue weighted by Crippen LogP contribution is -2.63. The SMILES string of the molecule is CCOC(=O)O[C@]1(C(=O)COC(=O)Oc2cccc(CO[N+](=O)[O-])c2)CC[C@H]2[C@@H]3CC=C4CC(=O)C=C[C@]4(C)[C@H]3[C@@H](O)C[C@@]21C. The smallest absolute Gasteiger partial charge is 0.435 e. The Bertz CT molecular complexity index is 1450. The number of carbonyl (C=O) groups excluding carboxylic acids is 4. The fraction of sp³-hybridized carbons (Fsp3) is 0.562. The molecule has 2 fully saturated rings. The number of hydrogen-bond acceptors (Lipinski definition) is 12. The number of nitrogens with zero attached hydrogens (tertiary/aromatic N) is 1. The van der Waals surface area contributed by atoms with Crippen molar-refractivity contribution in [1.82, 2.24) is 0 Å². The molecule has 4 aliphatic carbocycles. The normalized spacial score (nSPS) is 33.1. The molecule has 1 aromatic rings. The van der Waals surface area contributed by atoms with Gasteiger partial charge < -0.3 is 28.9 Å². The molecule has 0 saturated heterocycles. The molecule has 0 aromatic heterocycles. The predicted molar refractivity (Wildman–Crippen MR) is 154 cm³/mol. The summed E-state index contributed by atoms with van der Waals surface area (Å²) in [6, 6.07) is 5.81. The zero-order chi connectivity index (χ0) is 32.6. The molecule has 5 rings (SSSR count). The summed E-state index contributed by atoms with van der Waals surface area (Å²) in [5.74, 6) is -1.04. The van der Waals surface area contributed by atoms with Gasteiger partial charge in [0.05, 0.1) is 12.7 Å². The zero-order valence-electron chi connectivity index (χ0n) is 25.4. The van der Waals surface area contributed by atoms with E-state index >= 15 is 0 Å². The van der Waals surface area contributed by atoms with Crippen LogP contribution in [-0.4, -0.2) is 59.0 Å². The minimum atomic E-state index is -1.75. The Labute approximate surface area is 259 Å². The van der Waals surface area contributed by atoms with Crippen molar-refractivity contribution in [2.24, 2.45) is 28.6 Å². The van der Waals surface area contributed by atoms with Gasteiger partial charge in [0, 0.05) is 23.2 Å². The van der Waals surface area contributed by atoms with Crippen LogP contribution in [0, 0.1) is 38.7 Å². The molecule has 0 aliphatic heterocycles. The van der Waals surface area contributed by atoms with Gasteiger partial charge in [0.15, 0.2) is 18.0 Å². The van der Waals surface area contributed by atoms with E-state index in [4.69, 9.17) is 18.9 Å². The lowest BCUT2D eigenvalue weighted by atomic mass is 9.47. The number of allylic oxidation sites excluding steroid dienone is 4. The third kappa shape index (κ3) is 5.81. The molecule has 13 nitrogen and oxygen atoms in total. The number of carbonyl (C=O) groups is 4. The molecule has 45 heavy (non-hydrogen) atoms. The van der Waals surface area contributed by atoms with Gasteiger partial charge in [0.1, 0.15) is 12.4 Å². The van der Waals surface area contributed by atoms with Crippen molar-refractivity contribution in [2.75, 3.05) is 13.2 Å². The maximum atomic E-state index is 14.0. The van der Waals surface area contributed by atoms with Crippen molar-refractivity contribution in [3.63, 3.8) is 0 Å². The van der Waals surface area contributed by atoms with Crippen molar-refractivity contribution in [1.29, 1.82) is 0 Å². The first-order valence-electron chi connectivity index (χ1n) is 15.0. The molecule has 242 valence electrons. The molecule has 0 bridgehead atoms. The highest BCUT2D eigenvalue weighted by Crippen LogP contribution is 2.67. The fourth-order valence-electron chi connectivity index (χ4n) is 8.39. The number of fused-ring (bicyclic) bond motifs is 5. The summed E-state index contributed by atoms with van der Waals surface area (Å²) in [5, 5.41) is 21.3. The van der Waals surface area contributed by atoms with Gasteiger partial charge in [-0.2, -0.15) is 0 Å². The second-order valence-corrected chi connectivity index (χ2v) is 12.6. The number of Topliss-reactive ketones (excluding diaryl/α,β-unsaturated/α-hetero) is 1. The van der Waals surface area contributed by atoms with E-state index in [1.807, 2.05) is 19.9 Å². The maximum Gasteiger partial charge on any atom is 0.514 e. The number of hydrogen-bond donors (Lipinski definition) is 1. The number of benzene rings is 1. The lowest BCUT2D eigenvalue weighted by Gasteiger charge is -2.59. The van der Waals surface area contributed by atoms with E-state index in [0.717, 1.165) is 5.57 Å². The number of rotatable bonds is 9. The highest BCUT2D eigenvalue weighted by Gasteiger charge is 2.70. The molecule has 2 saturated carbocycles. The second-order valence-electron chi connectivity index (χ2n) is 12.6. The van der Waals surface area contributed by atoms with Crippen LogP contribution in [0.25, 0.3) is 0 Å². The summed E-state index contributed by atoms with van der Waals surface area (Å²) in [7, 11) is 0. The molecule has 0 heterocycles. The van der Waals surface area contributed by atoms with E-state index < -0.39 is 52.3 Å². The summed E-state index contributed by atoms with van der Waals surface area (Å²) in [5.41, 5.74) is -1.94. The van der Waals surface area contributed by atoms with E-state index in [1.54, 1.807) is 13.0 Å². The van der Waals surface area contributed by atoms with Crippen molar-refractivity contribution in [3.8, 4) is 5.75 Å². The first-order valence-corrected chi connectivity index (χ1v) is 15.0. The Morgan fingerprint density at radius 2 is 1.93 bits per heavy atom. The molecule has 13 heteroatoms. The summed E-state index contributed by atoms with van der Waals surface area (Å²) in [6.07, 6.45) is 4.13. The van der Waals surface area contributed by atoms with Crippen LogP contribution in [0.3, 0.4) is 0 Å². The van der Waals surface area contributed by atoms with Gasteiger partial charge in [0.25, 0.3) is 5.09 Å². The summed E-state index contributed by atoms with van der Waals surface area (Å²) in [4.78, 5) is 66.4. The van der Waals surface area contributed by atoms with Gasteiger partial charge in [-0.25, -0.2) is 9.59 Å². The standard InChI is InChI=1S/C32H37NO12/c1-4-41-29(38)45-32(26(36)18-42-28(37)44-22-7-5-6-19(14-22)17-43-33(39)40)13-11-24-23-9-8-20-15-21(34)10-12-30(20,2)27(23)25(35)16-31(24,32)3/h5-8,10,12,14,23-25,27,35H,4,9,11,13,15-18H2,1-3H3/t23-,24-,25-,27+,30-,31-,32-/m0/s1. The first kappa shape index (κ1) is 32.1. The van der Waals surface area contributed by atoms with Crippen molar-refractivity contribution >= 4 is 23.9 Å². The van der Waals surface area contributed by atoms with Gasteiger partial charge in [-0.05, 0) is 68.2 Å². The van der Waals surface area contributed by atoms with E-state index in [9.17, 15) is 34.4 Å². The molecular formula is C32H37NO12. The third-order valence-corrected chi connectivity index (χ3v) is 10.3. The van der Waals surface area contributed by atoms with Gasteiger partial charge >= 0.3 is 12.3 Å². The quantitative estimate of drug-likeness (QED) is 0.132. The number of aliphatic hydroxyl groups excluding tert-OH is 1. The monoisotopic (exact) mass is 627 g/mol. The van der Waals surface area contributed by atoms with E-state index in [1.165, 1.54) is 24.3 Å². The zero-order valence-corrected chi connectivity index (χ0v) is 25.4. The molecule has 0 spiro atoms. The minimum absolute atomic E-state index is 0.0143. The Hall–Kier alpha value is -4.26. The second kappa shape index (κ2) is 12.3. The number of aliphatic hydroxyl groups is 1. The van der Waals surface area contributed by atoms with E-state index in [-0.39, 0.29) is 55.3 Å². The molecule has 0 radical (unpaired) electrons. The Balaban J connectivity index is 1.36. The summed E-state index contributed by atoms with van der Waals surface area (Å²) >= 11 is 0. The maximum absolute atomic E-state index is 14.0. The summed E-state index contributed by atoms with van der Waals surface area (Å²) < 4.78 is 21.3. The summed E-state index contributed by atoms with van der Waals surface area (Å²) in [6.45, 7) is 4.36. The Kier molecular flexibility index (Phi) is 8.76. The van der Waals surface area contributed by atoms with Crippen LogP contribution in [-0.2, 0) is 35.2 Å². The molecule has 0 unspecified atom stereocenters. The average Bonchev–Trinajstić information content (AvgIpc) is 3.27. The van der Waals surface area contributed by atoms with E-state index in [2.05, 4.69) is 10.9 Å². The highest BCUT2D eigenvalue weighted by atomic mass is 16.9. The van der Waals surface area contributed by atoms with Crippen LogP contribution >= 0.6 is 0 Å². The number of ether oxygens (including phenoxy) is 4. The predicted octanol–water partition coefficient (Wildman–Crippen LogP) is 4.67. The van der Waals surface area contributed by atoms with Crippen LogP contribution < -0.4 is 4.74 Å². The van der Waals surface area contributed by atoms with Gasteiger partial charge in [-0.3, -0.25) is 9.59 Å². The van der Waals surface area contributed by atoms with Crippen LogP contribution in [0.4, 0.5) is 9.59 Å². The van der Waals surface area contributed by atoms with Crippen LogP contribution in [0.15, 0.2) is 48.1 Å². The van der Waals surface area contributed by atoms with Crippen molar-refractivity contribution in [2.45, 2.75) is 71.2 Å². The Morgan fingerprint density at radius 1 is 1.16 bits per heavy atom. The first-order chi connectivity index (χ1) is 21.3. The number of ketones is 2. The van der Waals surface area contributed by atoms with Crippen LogP contribution in [0.2, 0.25) is 0 Å². The van der Waals surface area contributed by atoms with Gasteiger partial charge in [-0.15, -0.1) is 10.1 Å². The molecule has 1 N–H and O–H groups in total. The highest BCUT2D eigenvalue weighted by molar-refractivity contribution is 5.94. The molecule has 1 aromatic carbocycles. The van der Waals surface area contributed by atoms with Gasteiger partial charge in [-0.1, -0.05) is 43.7 Å². The molecular weight excluding hydrogens is 590 g/mol. The third-order valence-electron chi connectivity index (χ3n) is 10.3. The van der Waals surface area contributed by atoms with Crippen LogP contribution in [0.1, 0.15) is 58.4 Å². The molecule has 4 aliphatic rings. The van der Waals surface area contributed by atoms with Crippen molar-refractivity contribution < 1.29 is 53.2 Å². The van der Waals surface area contributed by atoms with Crippen LogP contribution in [0.5, 0.6) is 5.75 Å².